The number of likely N-dealkylation sites (N-methyl/N-ethyl adjacent to an activating group) is 1. The van der Waals surface area contributed by atoms with E-state index in [4.69, 9.17) is 0 Å². The van der Waals surface area contributed by atoms with E-state index in [-0.39, 0.29) is 17.3 Å². The number of benzene rings is 1. The molecule has 3 rings (SSSR count). The second-order valence-electron chi connectivity index (χ2n) is 6.74. The molecule has 5 nitrogen and oxygen atoms in total. The van der Waals surface area contributed by atoms with Crippen LogP contribution in [-0.4, -0.2) is 54.3 Å². The molecule has 1 aromatic heterocycles. The number of alkyl halides is 3. The molecule has 1 amide bonds. The van der Waals surface area contributed by atoms with Crippen molar-refractivity contribution in [3.05, 3.63) is 34.8 Å². The van der Waals surface area contributed by atoms with Crippen LogP contribution in [0.2, 0.25) is 0 Å². The fraction of sp³-hybridized carbons (Fsp3) is 0.474. The van der Waals surface area contributed by atoms with E-state index < -0.39 is 11.7 Å². The van der Waals surface area contributed by atoms with Gasteiger partial charge in [0.25, 0.3) is 0 Å². The molecule has 0 bridgehead atoms. The number of carbonyl (C=O) groups is 1. The number of thiazole rings is 1. The number of nitrogens with zero attached hydrogens (tertiary/aromatic N) is 3. The Morgan fingerprint density at radius 2 is 2.00 bits per heavy atom. The minimum atomic E-state index is -4.47. The Bertz CT molecular complexity index is 848. The van der Waals surface area contributed by atoms with Gasteiger partial charge in [-0.1, -0.05) is 18.7 Å². The van der Waals surface area contributed by atoms with Crippen LogP contribution >= 0.6 is 23.1 Å². The Labute approximate surface area is 176 Å². The molecule has 0 radical (unpaired) electrons. The number of hydrogen-bond donors (Lipinski definition) is 1. The molecule has 158 valence electrons. The SMILES string of the molecule is CCN1CCN(c2ccc(C(F)(F)F)cc2NC(=O)CSc2nc(C)cs2)CC1. The molecule has 0 unspecified atom stereocenters. The molecule has 10 heteroatoms. The lowest BCUT2D eigenvalue weighted by atomic mass is 10.1. The summed E-state index contributed by atoms with van der Waals surface area (Å²) >= 11 is 2.72. The first-order chi connectivity index (χ1) is 13.8. The van der Waals surface area contributed by atoms with Gasteiger partial charge in [-0.3, -0.25) is 4.79 Å². The number of aromatic nitrogens is 1. The van der Waals surface area contributed by atoms with E-state index in [1.807, 2.05) is 17.2 Å². The summed E-state index contributed by atoms with van der Waals surface area (Å²) in [5.41, 5.74) is 0.930. The molecule has 0 spiro atoms. The summed E-state index contributed by atoms with van der Waals surface area (Å²) in [5, 5.41) is 4.57. The third kappa shape index (κ3) is 5.86. The molecule has 1 fully saturated rings. The standard InChI is InChI=1S/C19H23F3N4OS2/c1-3-25-6-8-26(9-7-25)16-5-4-14(19(20,21)22)10-15(16)24-17(27)12-29-18-23-13(2)11-28-18/h4-5,10-11H,3,6-9,12H2,1-2H3,(H,24,27). The average molecular weight is 445 g/mol. The Balaban J connectivity index is 1.75. The van der Waals surface area contributed by atoms with E-state index >= 15 is 0 Å². The van der Waals surface area contributed by atoms with Crippen molar-refractivity contribution in [2.45, 2.75) is 24.4 Å². The zero-order chi connectivity index (χ0) is 21.0. The van der Waals surface area contributed by atoms with Crippen LogP contribution in [0.15, 0.2) is 27.9 Å². The number of halogens is 3. The van der Waals surface area contributed by atoms with Gasteiger partial charge in [-0.2, -0.15) is 13.2 Å². The number of thioether (sulfide) groups is 1. The minimum Gasteiger partial charge on any atom is -0.367 e. The zero-order valence-corrected chi connectivity index (χ0v) is 17.9. The quantitative estimate of drug-likeness (QED) is 0.672. The first-order valence-electron chi connectivity index (χ1n) is 9.29. The van der Waals surface area contributed by atoms with Gasteiger partial charge in [0.15, 0.2) is 4.34 Å². The Morgan fingerprint density at radius 3 is 2.59 bits per heavy atom. The normalized spacial score (nSPS) is 15.6. The van der Waals surface area contributed by atoms with Crippen molar-refractivity contribution < 1.29 is 18.0 Å². The smallest absolute Gasteiger partial charge is 0.367 e. The summed E-state index contributed by atoms with van der Waals surface area (Å²) in [6.45, 7) is 7.98. The summed E-state index contributed by atoms with van der Waals surface area (Å²) in [6, 6.07) is 3.55. The number of rotatable bonds is 6. The number of amides is 1. The lowest BCUT2D eigenvalue weighted by molar-refractivity contribution is -0.137. The first kappa shape index (κ1) is 21.9. The van der Waals surface area contributed by atoms with Crippen molar-refractivity contribution in [3.63, 3.8) is 0 Å². The van der Waals surface area contributed by atoms with E-state index in [1.165, 1.54) is 29.2 Å². The predicted molar refractivity (Wildman–Crippen MR) is 112 cm³/mol. The van der Waals surface area contributed by atoms with Crippen LogP contribution in [0.25, 0.3) is 0 Å². The highest BCUT2D eigenvalue weighted by molar-refractivity contribution is 8.01. The molecule has 0 saturated carbocycles. The summed E-state index contributed by atoms with van der Waals surface area (Å²) in [5.74, 6) is -0.262. The molecule has 29 heavy (non-hydrogen) atoms. The van der Waals surface area contributed by atoms with Gasteiger partial charge in [0.05, 0.1) is 22.7 Å². The third-order valence-electron chi connectivity index (χ3n) is 4.68. The van der Waals surface area contributed by atoms with Gasteiger partial charge in [0, 0.05) is 37.3 Å². The monoisotopic (exact) mass is 444 g/mol. The number of anilines is 2. The summed E-state index contributed by atoms with van der Waals surface area (Å²) in [6.07, 6.45) is -4.47. The van der Waals surface area contributed by atoms with Crippen LogP contribution in [0.3, 0.4) is 0 Å². The predicted octanol–water partition coefficient (Wildman–Crippen LogP) is 4.34. The van der Waals surface area contributed by atoms with E-state index in [1.54, 1.807) is 0 Å². The molecule has 1 N–H and O–H groups in total. The summed E-state index contributed by atoms with van der Waals surface area (Å²) < 4.78 is 40.4. The maximum atomic E-state index is 13.2. The third-order valence-corrected chi connectivity index (χ3v) is 6.82. The van der Waals surface area contributed by atoms with E-state index in [2.05, 4.69) is 22.1 Å². The molecule has 0 aliphatic carbocycles. The van der Waals surface area contributed by atoms with E-state index in [0.717, 1.165) is 41.8 Å². The Hall–Kier alpha value is -1.78. The van der Waals surface area contributed by atoms with Crippen molar-refractivity contribution >= 4 is 40.4 Å². The number of hydrogen-bond acceptors (Lipinski definition) is 6. The molecule has 1 aliphatic rings. The fourth-order valence-electron chi connectivity index (χ4n) is 3.11. The highest BCUT2D eigenvalue weighted by atomic mass is 32.2. The molecule has 2 heterocycles. The molecule has 0 atom stereocenters. The van der Waals surface area contributed by atoms with Gasteiger partial charge in [-0.25, -0.2) is 4.98 Å². The van der Waals surface area contributed by atoms with Crippen molar-refractivity contribution in [2.75, 3.05) is 48.7 Å². The van der Waals surface area contributed by atoms with Gasteiger partial charge in [-0.05, 0) is 31.7 Å². The van der Waals surface area contributed by atoms with Crippen molar-refractivity contribution in [1.82, 2.24) is 9.88 Å². The van der Waals surface area contributed by atoms with Crippen LogP contribution in [0.4, 0.5) is 24.5 Å². The zero-order valence-electron chi connectivity index (χ0n) is 16.3. The van der Waals surface area contributed by atoms with Crippen molar-refractivity contribution in [3.8, 4) is 0 Å². The molecule has 1 aliphatic heterocycles. The topological polar surface area (TPSA) is 48.5 Å². The second kappa shape index (κ2) is 9.36. The van der Waals surface area contributed by atoms with Gasteiger partial charge in [0.2, 0.25) is 5.91 Å². The maximum Gasteiger partial charge on any atom is 0.416 e. The van der Waals surface area contributed by atoms with Crippen LogP contribution in [0.5, 0.6) is 0 Å². The molecule has 1 saturated heterocycles. The summed E-state index contributed by atoms with van der Waals surface area (Å²) in [7, 11) is 0. The molecule has 2 aromatic rings. The highest BCUT2D eigenvalue weighted by Gasteiger charge is 2.32. The second-order valence-corrected chi connectivity index (χ2v) is 8.82. The molecule has 1 aromatic carbocycles. The van der Waals surface area contributed by atoms with Gasteiger partial charge < -0.3 is 15.1 Å². The largest absolute Gasteiger partial charge is 0.416 e. The molecular weight excluding hydrogens is 421 g/mol. The summed E-state index contributed by atoms with van der Waals surface area (Å²) in [4.78, 5) is 21.0. The first-order valence-corrected chi connectivity index (χ1v) is 11.2. The number of nitrogens with one attached hydrogen (secondary N) is 1. The lowest BCUT2D eigenvalue weighted by Crippen LogP contribution is -2.46. The number of carbonyl (C=O) groups excluding carboxylic acids is 1. The van der Waals surface area contributed by atoms with E-state index in [0.29, 0.717) is 18.8 Å². The van der Waals surface area contributed by atoms with Gasteiger partial charge >= 0.3 is 6.18 Å². The highest BCUT2D eigenvalue weighted by Crippen LogP contribution is 2.36. The van der Waals surface area contributed by atoms with Crippen LogP contribution in [-0.2, 0) is 11.0 Å². The Morgan fingerprint density at radius 1 is 1.28 bits per heavy atom. The fourth-order valence-corrected chi connectivity index (χ4v) is 4.75. The Kier molecular flexibility index (Phi) is 7.07. The molecular formula is C19H23F3N4OS2. The number of piperazine rings is 1. The number of aryl methyl sites for hydroxylation is 1. The average Bonchev–Trinajstić information content (AvgIpc) is 3.11. The van der Waals surface area contributed by atoms with Crippen LogP contribution in [0, 0.1) is 6.92 Å². The van der Waals surface area contributed by atoms with Gasteiger partial charge in [0.1, 0.15) is 0 Å². The van der Waals surface area contributed by atoms with Crippen molar-refractivity contribution in [2.24, 2.45) is 0 Å². The van der Waals surface area contributed by atoms with Crippen molar-refractivity contribution in [1.29, 1.82) is 0 Å². The van der Waals surface area contributed by atoms with Crippen LogP contribution in [0.1, 0.15) is 18.2 Å². The van der Waals surface area contributed by atoms with E-state index in [9.17, 15) is 18.0 Å². The lowest BCUT2D eigenvalue weighted by Gasteiger charge is -2.36. The van der Waals surface area contributed by atoms with Gasteiger partial charge in [-0.15, -0.1) is 11.3 Å². The maximum absolute atomic E-state index is 13.2. The minimum absolute atomic E-state index is 0.0895. The van der Waals surface area contributed by atoms with Crippen LogP contribution < -0.4 is 10.2 Å².